The molecule has 0 saturated heterocycles. The summed E-state index contributed by atoms with van der Waals surface area (Å²) in [4.78, 5) is 9.60. The maximum Gasteiger partial charge on any atom is 0.484 e. The molecule has 0 aromatic rings. The molecule has 0 heterocycles. The summed E-state index contributed by atoms with van der Waals surface area (Å²) in [5.41, 5.74) is 0.176. The second-order valence-electron chi connectivity index (χ2n) is 2.74. The van der Waals surface area contributed by atoms with E-state index in [9.17, 15) is 4.79 Å². The molecule has 0 fully saturated rings. The topological polar surface area (TPSA) is 65.0 Å². The molecule has 0 unspecified atom stereocenters. The van der Waals surface area contributed by atoms with Gasteiger partial charge < -0.3 is 18.4 Å². The number of carbonyl (C=O) groups is 1. The van der Waals surface area contributed by atoms with Gasteiger partial charge in [-0.05, 0) is 27.7 Å². The van der Waals surface area contributed by atoms with Crippen molar-refractivity contribution in [2.45, 2.75) is 27.7 Å². The van der Waals surface area contributed by atoms with Crippen molar-refractivity contribution >= 4 is 15.5 Å². The molecule has 5 nitrogen and oxygen atoms in total. The zero-order chi connectivity index (χ0) is 13.0. The Morgan fingerprint density at radius 2 is 1.38 bits per heavy atom. The lowest BCUT2D eigenvalue weighted by Gasteiger charge is -2.12. The first-order chi connectivity index (χ1) is 7.49. The van der Waals surface area contributed by atoms with Gasteiger partial charge in [0.25, 0.3) is 0 Å². The van der Waals surface area contributed by atoms with E-state index in [0.29, 0.717) is 19.8 Å². The van der Waals surface area contributed by atoms with E-state index in [1.165, 1.54) is 6.92 Å². The average molecular weight is 250 g/mol. The van der Waals surface area contributed by atoms with Crippen molar-refractivity contribution in [3.63, 3.8) is 0 Å². The molecule has 0 aromatic carbocycles. The smallest absolute Gasteiger partial charge is 0.478 e. The van der Waals surface area contributed by atoms with E-state index in [0.717, 1.165) is 0 Å². The Bertz CT molecular complexity index is 169. The Labute approximate surface area is 99.0 Å². The number of hydrogen-bond donors (Lipinski definition) is 1. The van der Waals surface area contributed by atoms with Crippen LogP contribution < -0.4 is 0 Å². The molecule has 0 atom stereocenters. The molecule has 6 heteroatoms. The van der Waals surface area contributed by atoms with Crippen LogP contribution in [0.4, 0.5) is 0 Å². The van der Waals surface area contributed by atoms with Crippen LogP contribution in [0.15, 0.2) is 12.2 Å². The highest BCUT2D eigenvalue weighted by Gasteiger charge is 2.11. The molecular weight excluding hydrogens is 228 g/mol. The van der Waals surface area contributed by atoms with Crippen LogP contribution in [0.3, 0.4) is 0 Å². The highest BCUT2D eigenvalue weighted by atomic mass is 28.3. The summed E-state index contributed by atoms with van der Waals surface area (Å²) in [7, 11) is -1.73. The SMILES string of the molecule is C=C(C)C(=O)O.CCO[SiH](OCC)OCC. The lowest BCUT2D eigenvalue weighted by Crippen LogP contribution is -2.27. The third-order valence-electron chi connectivity index (χ3n) is 1.27. The standard InChI is InChI=1S/C6H16O3Si.C4H6O2/c1-4-7-10(8-5-2)9-6-3;1-3(2)4(5)6/h10H,4-6H2,1-3H3;1H2,2H3,(H,5,6). The molecule has 96 valence electrons. The second-order valence-corrected chi connectivity index (χ2v) is 4.32. The van der Waals surface area contributed by atoms with Crippen LogP contribution in [0, 0.1) is 0 Å². The van der Waals surface area contributed by atoms with Crippen molar-refractivity contribution in [2.24, 2.45) is 0 Å². The number of aliphatic carboxylic acids is 1. The molecule has 0 aliphatic carbocycles. The van der Waals surface area contributed by atoms with Gasteiger partial charge in [-0.3, -0.25) is 0 Å². The molecule has 0 radical (unpaired) electrons. The molecule has 0 aliphatic rings. The normalized spacial score (nSPS) is 9.56. The number of rotatable bonds is 7. The van der Waals surface area contributed by atoms with Crippen molar-refractivity contribution in [3.8, 4) is 0 Å². The van der Waals surface area contributed by atoms with Crippen LogP contribution in [-0.2, 0) is 18.1 Å². The summed E-state index contributed by atoms with van der Waals surface area (Å²) in [6.07, 6.45) is 0. The highest BCUT2D eigenvalue weighted by Crippen LogP contribution is 1.91. The predicted molar refractivity (Wildman–Crippen MR) is 64.5 cm³/mol. The first kappa shape index (κ1) is 17.7. The van der Waals surface area contributed by atoms with Crippen molar-refractivity contribution in [2.75, 3.05) is 19.8 Å². The van der Waals surface area contributed by atoms with E-state index in [2.05, 4.69) is 6.58 Å². The quantitative estimate of drug-likeness (QED) is 0.547. The number of carboxylic acids is 1. The zero-order valence-electron chi connectivity index (χ0n) is 10.5. The lowest BCUT2D eigenvalue weighted by atomic mass is 10.4. The third kappa shape index (κ3) is 13.3. The van der Waals surface area contributed by atoms with Crippen LogP contribution in [-0.4, -0.2) is 40.4 Å². The molecule has 0 saturated carbocycles. The maximum absolute atomic E-state index is 9.60. The van der Waals surface area contributed by atoms with Gasteiger partial charge >= 0.3 is 15.5 Å². The summed E-state index contributed by atoms with van der Waals surface area (Å²) in [6, 6.07) is 0. The van der Waals surface area contributed by atoms with Crippen LogP contribution in [0.25, 0.3) is 0 Å². The van der Waals surface area contributed by atoms with Gasteiger partial charge in [-0.2, -0.15) is 0 Å². The molecule has 1 N–H and O–H groups in total. The van der Waals surface area contributed by atoms with Crippen molar-refractivity contribution in [1.82, 2.24) is 0 Å². The van der Waals surface area contributed by atoms with Crippen LogP contribution in [0.2, 0.25) is 0 Å². The van der Waals surface area contributed by atoms with Gasteiger partial charge in [0, 0.05) is 25.4 Å². The predicted octanol–water partition coefficient (Wildman–Crippen LogP) is 1.46. The van der Waals surface area contributed by atoms with E-state index >= 15 is 0 Å². The van der Waals surface area contributed by atoms with Gasteiger partial charge in [0.1, 0.15) is 0 Å². The van der Waals surface area contributed by atoms with Crippen molar-refractivity contribution in [1.29, 1.82) is 0 Å². The molecule has 0 rings (SSSR count). The summed E-state index contributed by atoms with van der Waals surface area (Å²) < 4.78 is 15.7. The van der Waals surface area contributed by atoms with E-state index < -0.39 is 15.5 Å². The Morgan fingerprint density at radius 1 is 1.12 bits per heavy atom. The monoisotopic (exact) mass is 250 g/mol. The Morgan fingerprint density at radius 3 is 1.50 bits per heavy atom. The second kappa shape index (κ2) is 12.4. The van der Waals surface area contributed by atoms with E-state index in [1.54, 1.807) is 0 Å². The summed E-state index contributed by atoms with van der Waals surface area (Å²) in [6.45, 7) is 12.5. The average Bonchev–Trinajstić information content (AvgIpc) is 2.19. The third-order valence-corrected chi connectivity index (χ3v) is 3.09. The summed E-state index contributed by atoms with van der Waals surface area (Å²) in [5, 5.41) is 7.89. The Hall–Kier alpha value is -0.693. The van der Waals surface area contributed by atoms with Crippen molar-refractivity contribution < 1.29 is 23.2 Å². The van der Waals surface area contributed by atoms with Crippen LogP contribution >= 0.6 is 0 Å². The zero-order valence-corrected chi connectivity index (χ0v) is 11.6. The molecule has 16 heavy (non-hydrogen) atoms. The van der Waals surface area contributed by atoms with Gasteiger partial charge in [0.2, 0.25) is 0 Å². The number of carboxylic acid groups (broad SMARTS) is 1. The minimum Gasteiger partial charge on any atom is -0.478 e. The fraction of sp³-hybridized carbons (Fsp3) is 0.700. The molecule has 0 spiro atoms. The molecular formula is C10H22O5Si. The Balaban J connectivity index is 0. The Kier molecular flexibility index (Phi) is 13.7. The van der Waals surface area contributed by atoms with E-state index in [1.807, 2.05) is 20.8 Å². The van der Waals surface area contributed by atoms with Gasteiger partial charge in [-0.15, -0.1) is 0 Å². The summed E-state index contributed by atoms with van der Waals surface area (Å²) in [5.74, 6) is -0.935. The van der Waals surface area contributed by atoms with Gasteiger partial charge in [-0.1, -0.05) is 6.58 Å². The molecule has 0 amide bonds. The fourth-order valence-electron chi connectivity index (χ4n) is 0.553. The summed E-state index contributed by atoms with van der Waals surface area (Å²) >= 11 is 0. The minimum absolute atomic E-state index is 0.176. The van der Waals surface area contributed by atoms with Crippen LogP contribution in [0.5, 0.6) is 0 Å². The fourth-order valence-corrected chi connectivity index (χ4v) is 1.66. The largest absolute Gasteiger partial charge is 0.484 e. The highest BCUT2D eigenvalue weighted by molar-refractivity contribution is 6.36. The molecule has 0 aliphatic heterocycles. The minimum atomic E-state index is -1.73. The molecule has 0 bridgehead atoms. The van der Waals surface area contributed by atoms with Gasteiger partial charge in [-0.25, -0.2) is 4.79 Å². The van der Waals surface area contributed by atoms with Crippen LogP contribution in [0.1, 0.15) is 27.7 Å². The van der Waals surface area contributed by atoms with Crippen molar-refractivity contribution in [3.05, 3.63) is 12.2 Å². The molecule has 0 aromatic heterocycles. The van der Waals surface area contributed by atoms with E-state index in [4.69, 9.17) is 18.4 Å². The number of hydrogen-bond acceptors (Lipinski definition) is 4. The lowest BCUT2D eigenvalue weighted by molar-refractivity contribution is -0.132. The van der Waals surface area contributed by atoms with Gasteiger partial charge in [0.05, 0.1) is 0 Å². The first-order valence-corrected chi connectivity index (χ1v) is 6.64. The first-order valence-electron chi connectivity index (χ1n) is 5.23. The van der Waals surface area contributed by atoms with E-state index in [-0.39, 0.29) is 5.57 Å². The maximum atomic E-state index is 9.60. The van der Waals surface area contributed by atoms with Gasteiger partial charge in [0.15, 0.2) is 0 Å².